The average Bonchev–Trinajstić information content (AvgIpc) is 2.74. The van der Waals surface area contributed by atoms with Crippen molar-refractivity contribution in [1.82, 2.24) is 0 Å². The summed E-state index contributed by atoms with van der Waals surface area (Å²) in [6, 6.07) is -1.27. The largest absolute Gasteiger partial charge is 0.0638 e. The molecule has 0 atom stereocenters. The van der Waals surface area contributed by atoms with Gasteiger partial charge in [-0.2, -0.15) is 0 Å². The quantitative estimate of drug-likeness (QED) is 0.653. The van der Waals surface area contributed by atoms with Crippen LogP contribution in [0.25, 0.3) is 11.1 Å². The second-order valence-corrected chi connectivity index (χ2v) is 5.11. The van der Waals surface area contributed by atoms with Gasteiger partial charge in [0.25, 0.3) is 0 Å². The molecule has 0 nitrogen and oxygen atoms in total. The summed E-state index contributed by atoms with van der Waals surface area (Å²) in [4.78, 5) is 0. The molecule has 2 aromatic carbocycles. The van der Waals surface area contributed by atoms with E-state index in [1.807, 2.05) is 0 Å². The monoisotopic (exact) mass is 279 g/mol. The summed E-state index contributed by atoms with van der Waals surface area (Å²) in [5.41, 5.74) is 0.528. The van der Waals surface area contributed by atoms with Crippen molar-refractivity contribution in [3.8, 4) is 11.1 Å². The average molecular weight is 280 g/mol. The first-order valence-corrected chi connectivity index (χ1v) is 5.73. The predicted octanol–water partition coefficient (Wildman–Crippen LogP) is 4.76. The van der Waals surface area contributed by atoms with E-state index in [4.69, 9.17) is 9.60 Å². The van der Waals surface area contributed by atoms with Crippen molar-refractivity contribution >= 4 is 15.9 Å². The summed E-state index contributed by atoms with van der Waals surface area (Å²) < 4.78 is 57.0. The van der Waals surface area contributed by atoms with Crippen molar-refractivity contribution in [2.75, 3.05) is 0 Å². The van der Waals surface area contributed by atoms with Crippen LogP contribution >= 0.6 is 15.9 Å². The maximum absolute atomic E-state index is 8.33. The molecular formula is C15H13Br. The van der Waals surface area contributed by atoms with E-state index in [0.717, 1.165) is 0 Å². The van der Waals surface area contributed by atoms with Crippen LogP contribution in [0.4, 0.5) is 0 Å². The van der Waals surface area contributed by atoms with E-state index in [0.29, 0.717) is 11.1 Å². The van der Waals surface area contributed by atoms with Gasteiger partial charge >= 0.3 is 0 Å². The van der Waals surface area contributed by atoms with Gasteiger partial charge in [-0.05, 0) is 34.3 Å². The van der Waals surface area contributed by atoms with Crippen molar-refractivity contribution in [1.29, 1.82) is 0 Å². The third-order valence-corrected chi connectivity index (χ3v) is 3.37. The Morgan fingerprint density at radius 1 is 1.00 bits per heavy atom. The molecule has 1 heteroatoms. The van der Waals surface area contributed by atoms with Gasteiger partial charge in [-0.15, -0.1) is 0 Å². The molecule has 0 fully saturated rings. The molecule has 0 amide bonds. The number of hydrogen-bond acceptors (Lipinski definition) is 0. The minimum Gasteiger partial charge on any atom is -0.0619 e. The van der Waals surface area contributed by atoms with Gasteiger partial charge in [-0.3, -0.25) is 0 Å². The molecule has 0 saturated carbocycles. The van der Waals surface area contributed by atoms with Crippen LogP contribution in [0.15, 0.2) is 46.8 Å². The first-order chi connectivity index (χ1) is 10.5. The molecule has 3 rings (SSSR count). The van der Waals surface area contributed by atoms with Crippen LogP contribution in [0, 0.1) is 0 Å². The molecule has 1 aliphatic carbocycles. The molecule has 1 aliphatic rings. The van der Waals surface area contributed by atoms with E-state index < -0.39 is 5.41 Å². The fourth-order valence-corrected chi connectivity index (χ4v) is 2.43. The molecule has 80 valence electrons. The topological polar surface area (TPSA) is 0 Å². The van der Waals surface area contributed by atoms with Gasteiger partial charge in [0, 0.05) is 9.89 Å². The van der Waals surface area contributed by atoms with Crippen molar-refractivity contribution in [2.24, 2.45) is 0 Å². The lowest BCUT2D eigenvalue weighted by Gasteiger charge is -2.21. The van der Waals surface area contributed by atoms with Gasteiger partial charge in [0.1, 0.15) is 0 Å². The Hall–Kier alpha value is -1.08. The van der Waals surface area contributed by atoms with Gasteiger partial charge in [-0.25, -0.2) is 0 Å². The van der Waals surface area contributed by atoms with Crippen LogP contribution in [0.1, 0.15) is 34.6 Å². The van der Waals surface area contributed by atoms with E-state index >= 15 is 0 Å². The highest BCUT2D eigenvalue weighted by Gasteiger charge is 2.34. The number of benzene rings is 2. The minimum atomic E-state index is -0.843. The number of rotatable bonds is 0. The van der Waals surface area contributed by atoms with Crippen LogP contribution < -0.4 is 0 Å². The van der Waals surface area contributed by atoms with Gasteiger partial charge in [0.05, 0.1) is 9.60 Å². The van der Waals surface area contributed by atoms with Crippen LogP contribution in [-0.2, 0) is 5.41 Å². The molecule has 2 aromatic rings. The van der Waals surface area contributed by atoms with Crippen molar-refractivity contribution in [3.05, 3.63) is 57.9 Å². The summed E-state index contributed by atoms with van der Waals surface area (Å²) in [6.07, 6.45) is 0. The van der Waals surface area contributed by atoms with E-state index in [2.05, 4.69) is 15.9 Å². The summed E-state index contributed by atoms with van der Waals surface area (Å²) in [6.45, 7) is 3.57. The number of halogens is 1. The molecule has 0 bridgehead atoms. The minimum absolute atomic E-state index is 0.0547. The molecule has 0 unspecified atom stereocenters. The standard InChI is InChI=1S/C15H13Br/c1-15(2)13-6-4-3-5-11(13)12-8-7-10(16)9-14(12)15/h3-9H,1-2H3/i3D,4D,5D,6D,7D,8D,9D. The molecule has 0 N–H and O–H groups in total. The maximum Gasteiger partial charge on any atom is 0.0638 e. The first-order valence-electron chi connectivity index (χ1n) is 8.44. The lowest BCUT2D eigenvalue weighted by molar-refractivity contribution is 0.660. The highest BCUT2D eigenvalue weighted by molar-refractivity contribution is 9.10. The van der Waals surface area contributed by atoms with E-state index in [1.165, 1.54) is 0 Å². The third kappa shape index (κ3) is 1.21. The molecule has 16 heavy (non-hydrogen) atoms. The normalized spacial score (nSPS) is 21.8. The molecule has 0 spiro atoms. The molecule has 0 heterocycles. The molecule has 0 radical (unpaired) electrons. The van der Waals surface area contributed by atoms with E-state index in [9.17, 15) is 0 Å². The van der Waals surface area contributed by atoms with Gasteiger partial charge < -0.3 is 0 Å². The second kappa shape index (κ2) is 3.21. The Bertz CT molecular complexity index is 815. The molecule has 0 aliphatic heterocycles. The zero-order chi connectivity index (χ0) is 17.4. The van der Waals surface area contributed by atoms with Crippen LogP contribution in [-0.4, -0.2) is 0 Å². The molecule has 0 saturated heterocycles. The van der Waals surface area contributed by atoms with Crippen molar-refractivity contribution in [2.45, 2.75) is 19.3 Å². The van der Waals surface area contributed by atoms with Crippen LogP contribution in [0.2, 0.25) is 0 Å². The predicted molar refractivity (Wildman–Crippen MR) is 71.7 cm³/mol. The zero-order valence-corrected chi connectivity index (χ0v) is 10.5. The highest BCUT2D eigenvalue weighted by atomic mass is 79.9. The Kier molecular flexibility index (Phi) is 1.01. The lowest BCUT2D eigenvalue weighted by Crippen LogP contribution is -2.14. The summed E-state index contributed by atoms with van der Waals surface area (Å²) >= 11 is 3.18. The Morgan fingerprint density at radius 2 is 1.69 bits per heavy atom. The fraction of sp³-hybridized carbons (Fsp3) is 0.200. The number of fused-ring (bicyclic) bond motifs is 3. The van der Waals surface area contributed by atoms with E-state index in [-0.39, 0.29) is 57.9 Å². The second-order valence-electron chi connectivity index (χ2n) is 4.31. The van der Waals surface area contributed by atoms with Crippen molar-refractivity contribution in [3.63, 3.8) is 0 Å². The smallest absolute Gasteiger partial charge is 0.0619 e. The maximum atomic E-state index is 8.33. The van der Waals surface area contributed by atoms with Gasteiger partial charge in [0.15, 0.2) is 0 Å². The van der Waals surface area contributed by atoms with Crippen molar-refractivity contribution < 1.29 is 9.60 Å². The van der Waals surface area contributed by atoms with Gasteiger partial charge in [0.2, 0.25) is 0 Å². The fourth-order valence-electron chi connectivity index (χ4n) is 2.13. The zero-order valence-electron chi connectivity index (χ0n) is 15.9. The summed E-state index contributed by atoms with van der Waals surface area (Å²) in [7, 11) is 0. The summed E-state index contributed by atoms with van der Waals surface area (Å²) in [5, 5.41) is 0. The highest BCUT2D eigenvalue weighted by Crippen LogP contribution is 2.48. The van der Waals surface area contributed by atoms with Crippen LogP contribution in [0.3, 0.4) is 0 Å². The summed E-state index contributed by atoms with van der Waals surface area (Å²) in [5.74, 6) is 0. The first kappa shape index (κ1) is 5.05. The molecular weight excluding hydrogens is 260 g/mol. The Morgan fingerprint density at radius 3 is 2.50 bits per heavy atom. The Balaban J connectivity index is 2.63. The Labute approximate surface area is 114 Å². The van der Waals surface area contributed by atoms with Gasteiger partial charge in [-0.1, -0.05) is 60.0 Å². The third-order valence-electron chi connectivity index (χ3n) is 2.97. The lowest BCUT2D eigenvalue weighted by atomic mass is 9.82. The SMILES string of the molecule is [2H]c1c([2H])c([2H])c2c(c1[2H])-c1c([2H])c([2H])c(Br)c([2H])c1C2(C)C. The molecule has 0 aromatic heterocycles. The van der Waals surface area contributed by atoms with Crippen LogP contribution in [0.5, 0.6) is 0 Å². The number of hydrogen-bond donors (Lipinski definition) is 0. The van der Waals surface area contributed by atoms with E-state index in [1.54, 1.807) is 13.8 Å².